The van der Waals surface area contributed by atoms with Crippen molar-refractivity contribution in [2.45, 2.75) is 33.6 Å². The molecule has 0 aliphatic rings. The minimum atomic E-state index is -0.0786. The molecule has 3 nitrogen and oxygen atoms in total. The third-order valence-corrected chi connectivity index (χ3v) is 3.34. The number of phenolic OH excluding ortho intramolecular Hbond substituents is 1. The van der Waals surface area contributed by atoms with Crippen molar-refractivity contribution >= 4 is 10.9 Å². The van der Waals surface area contributed by atoms with Gasteiger partial charge in [0.15, 0.2) is 0 Å². The number of aromatic amines is 1. The lowest BCUT2D eigenvalue weighted by atomic mass is 9.98. The number of phenols is 1. The van der Waals surface area contributed by atoms with Gasteiger partial charge in [0, 0.05) is 10.9 Å². The van der Waals surface area contributed by atoms with Gasteiger partial charge in [-0.15, -0.1) is 0 Å². The zero-order chi connectivity index (χ0) is 14.2. The highest BCUT2D eigenvalue weighted by Gasteiger charge is 2.12. The molecule has 0 saturated heterocycles. The summed E-state index contributed by atoms with van der Waals surface area (Å²) >= 11 is 0. The van der Waals surface area contributed by atoms with E-state index in [0.717, 1.165) is 16.7 Å². The van der Waals surface area contributed by atoms with Gasteiger partial charge in [-0.05, 0) is 49.9 Å². The Balaban J connectivity index is 2.79. The predicted molar refractivity (Wildman–Crippen MR) is 78.9 cm³/mol. The Labute approximate surface area is 112 Å². The molecule has 19 heavy (non-hydrogen) atoms. The van der Waals surface area contributed by atoms with E-state index >= 15 is 0 Å². The van der Waals surface area contributed by atoms with E-state index in [4.69, 9.17) is 0 Å². The van der Waals surface area contributed by atoms with Crippen molar-refractivity contribution in [2.75, 3.05) is 0 Å². The Morgan fingerprint density at radius 2 is 2.05 bits per heavy atom. The number of aromatic nitrogens is 1. The predicted octanol–water partition coefficient (Wildman–Crippen LogP) is 3.22. The summed E-state index contributed by atoms with van der Waals surface area (Å²) < 4.78 is 0. The van der Waals surface area contributed by atoms with E-state index < -0.39 is 0 Å². The molecule has 1 aromatic heterocycles. The zero-order valence-electron chi connectivity index (χ0n) is 11.6. The first-order valence-corrected chi connectivity index (χ1v) is 6.45. The van der Waals surface area contributed by atoms with E-state index in [9.17, 15) is 9.90 Å². The lowest BCUT2D eigenvalue weighted by Gasteiger charge is -2.11. The number of nitrogens with one attached hydrogen (secondary N) is 1. The quantitative estimate of drug-likeness (QED) is 0.829. The topological polar surface area (TPSA) is 53.1 Å². The van der Waals surface area contributed by atoms with Crippen LogP contribution in [0, 0.1) is 6.92 Å². The van der Waals surface area contributed by atoms with Gasteiger partial charge in [-0.25, -0.2) is 0 Å². The Morgan fingerprint density at radius 1 is 1.37 bits per heavy atom. The van der Waals surface area contributed by atoms with E-state index in [-0.39, 0.29) is 11.3 Å². The molecular formula is C16H19NO2. The number of aryl methyl sites for hydroxylation is 2. The van der Waals surface area contributed by atoms with Gasteiger partial charge in [0.25, 0.3) is 5.56 Å². The second kappa shape index (κ2) is 4.92. The standard InChI is InChI=1S/C16H19NO2/c1-5-11-8-13-14(17-16(11)19)10(4)7-12(15(13)18)6-9(2)3/h7-8,18H,2,5-6H2,1,3-4H3,(H,17,19). The summed E-state index contributed by atoms with van der Waals surface area (Å²) in [6.45, 7) is 9.68. The molecule has 0 atom stereocenters. The Bertz CT molecular complexity index is 711. The molecule has 0 unspecified atom stereocenters. The monoisotopic (exact) mass is 257 g/mol. The largest absolute Gasteiger partial charge is 0.507 e. The minimum Gasteiger partial charge on any atom is -0.507 e. The molecule has 3 heteroatoms. The van der Waals surface area contributed by atoms with Crippen LogP contribution in [0.4, 0.5) is 0 Å². The molecule has 0 fully saturated rings. The van der Waals surface area contributed by atoms with Crippen molar-refractivity contribution in [2.24, 2.45) is 0 Å². The maximum Gasteiger partial charge on any atom is 0.251 e. The second-order valence-corrected chi connectivity index (χ2v) is 5.10. The fraction of sp³-hybridized carbons (Fsp3) is 0.312. The molecule has 1 aromatic carbocycles. The van der Waals surface area contributed by atoms with Crippen LogP contribution in [0.2, 0.25) is 0 Å². The van der Waals surface area contributed by atoms with Gasteiger partial charge in [-0.1, -0.05) is 19.1 Å². The number of pyridine rings is 1. The van der Waals surface area contributed by atoms with Crippen molar-refractivity contribution in [1.29, 1.82) is 0 Å². The van der Waals surface area contributed by atoms with Crippen LogP contribution in [0.3, 0.4) is 0 Å². The van der Waals surface area contributed by atoms with Gasteiger partial charge in [-0.3, -0.25) is 4.79 Å². The van der Waals surface area contributed by atoms with E-state index in [2.05, 4.69) is 11.6 Å². The molecule has 0 aliphatic heterocycles. The molecule has 0 saturated carbocycles. The van der Waals surface area contributed by atoms with Crippen molar-refractivity contribution in [3.05, 3.63) is 51.3 Å². The number of hydrogen-bond acceptors (Lipinski definition) is 2. The van der Waals surface area contributed by atoms with Gasteiger partial charge in [0.1, 0.15) is 5.75 Å². The average Bonchev–Trinajstić information content (AvgIpc) is 2.34. The van der Waals surface area contributed by atoms with Crippen LogP contribution >= 0.6 is 0 Å². The fourth-order valence-corrected chi connectivity index (χ4v) is 2.37. The second-order valence-electron chi connectivity index (χ2n) is 5.10. The summed E-state index contributed by atoms with van der Waals surface area (Å²) in [5, 5.41) is 11.1. The van der Waals surface area contributed by atoms with Crippen LogP contribution in [-0.2, 0) is 12.8 Å². The molecule has 0 bridgehead atoms. The van der Waals surface area contributed by atoms with Crippen molar-refractivity contribution in [3.63, 3.8) is 0 Å². The average molecular weight is 257 g/mol. The lowest BCUT2D eigenvalue weighted by Crippen LogP contribution is -2.12. The fourth-order valence-electron chi connectivity index (χ4n) is 2.37. The van der Waals surface area contributed by atoms with Crippen LogP contribution < -0.4 is 5.56 Å². The zero-order valence-corrected chi connectivity index (χ0v) is 11.6. The van der Waals surface area contributed by atoms with Gasteiger partial charge in [0.05, 0.1) is 5.52 Å². The first-order chi connectivity index (χ1) is 8.93. The highest BCUT2D eigenvalue weighted by atomic mass is 16.3. The summed E-state index contributed by atoms with van der Waals surface area (Å²) in [5.74, 6) is 0.245. The normalized spacial score (nSPS) is 10.9. The first kappa shape index (κ1) is 13.4. The number of rotatable bonds is 3. The smallest absolute Gasteiger partial charge is 0.251 e. The van der Waals surface area contributed by atoms with Crippen LogP contribution in [0.5, 0.6) is 5.75 Å². The maximum absolute atomic E-state index is 11.8. The van der Waals surface area contributed by atoms with Crippen LogP contribution in [0.15, 0.2) is 29.1 Å². The van der Waals surface area contributed by atoms with Crippen molar-refractivity contribution < 1.29 is 5.11 Å². The third kappa shape index (κ3) is 2.41. The van der Waals surface area contributed by atoms with Gasteiger partial charge >= 0.3 is 0 Å². The van der Waals surface area contributed by atoms with Crippen molar-refractivity contribution in [1.82, 2.24) is 4.98 Å². The maximum atomic E-state index is 11.8. The summed E-state index contributed by atoms with van der Waals surface area (Å²) in [4.78, 5) is 14.7. The SMILES string of the molecule is C=C(C)Cc1cc(C)c2[nH]c(=O)c(CC)cc2c1O. The number of benzene rings is 1. The molecular weight excluding hydrogens is 238 g/mol. The highest BCUT2D eigenvalue weighted by Crippen LogP contribution is 2.31. The number of allylic oxidation sites excluding steroid dienone is 1. The van der Waals surface area contributed by atoms with Crippen LogP contribution in [0.25, 0.3) is 10.9 Å². The number of fused-ring (bicyclic) bond motifs is 1. The summed E-state index contributed by atoms with van der Waals surface area (Å²) in [6, 6.07) is 3.70. The summed E-state index contributed by atoms with van der Waals surface area (Å²) in [5.41, 5.74) is 4.13. The number of hydrogen-bond donors (Lipinski definition) is 2. The Morgan fingerprint density at radius 3 is 2.63 bits per heavy atom. The van der Waals surface area contributed by atoms with Crippen LogP contribution in [-0.4, -0.2) is 10.1 Å². The van der Waals surface area contributed by atoms with Gasteiger partial charge < -0.3 is 10.1 Å². The highest BCUT2D eigenvalue weighted by molar-refractivity contribution is 5.89. The molecule has 0 aliphatic carbocycles. The van der Waals surface area contributed by atoms with Crippen molar-refractivity contribution in [3.8, 4) is 5.75 Å². The molecule has 0 spiro atoms. The van der Waals surface area contributed by atoms with Gasteiger partial charge in [0.2, 0.25) is 0 Å². The Kier molecular flexibility index (Phi) is 3.47. The molecule has 1 heterocycles. The first-order valence-electron chi connectivity index (χ1n) is 6.45. The molecule has 2 aromatic rings. The van der Waals surface area contributed by atoms with E-state index in [1.54, 1.807) is 6.07 Å². The van der Waals surface area contributed by atoms with E-state index in [1.807, 2.05) is 26.8 Å². The molecule has 2 rings (SSSR count). The molecule has 100 valence electrons. The number of H-pyrrole nitrogens is 1. The molecule has 0 amide bonds. The molecule has 2 N–H and O–H groups in total. The third-order valence-electron chi connectivity index (χ3n) is 3.34. The number of aromatic hydroxyl groups is 1. The minimum absolute atomic E-state index is 0.0786. The van der Waals surface area contributed by atoms with Gasteiger partial charge in [-0.2, -0.15) is 0 Å². The Hall–Kier alpha value is -2.03. The van der Waals surface area contributed by atoms with Crippen LogP contribution in [0.1, 0.15) is 30.5 Å². The summed E-state index contributed by atoms with van der Waals surface area (Å²) in [6.07, 6.45) is 1.29. The lowest BCUT2D eigenvalue weighted by molar-refractivity contribution is 0.475. The summed E-state index contributed by atoms with van der Waals surface area (Å²) in [7, 11) is 0. The molecule has 0 radical (unpaired) electrons. The van der Waals surface area contributed by atoms with E-state index in [0.29, 0.717) is 29.3 Å². The van der Waals surface area contributed by atoms with E-state index in [1.165, 1.54) is 0 Å².